The van der Waals surface area contributed by atoms with Crippen LogP contribution in [0.1, 0.15) is 0 Å². The molecule has 4 N–H and O–H groups in total. The summed E-state index contributed by atoms with van der Waals surface area (Å²) in [6, 6.07) is 8.50. The number of benzene rings is 2. The molecule has 112 valence electrons. The topological polar surface area (TPSA) is 84.2 Å². The number of nitrogens with one attached hydrogen (secondary N) is 2. The van der Waals surface area contributed by atoms with Crippen LogP contribution in [0.15, 0.2) is 45.8 Å². The standard InChI is InChI=1S/C13H13BrFN3O2S/c1-17-21(19,20)13-7-9(16)3-5-11(13)18-12-6-8(15)2-4-10(12)14/h2-7,17-18H,16H2,1H3. The maximum absolute atomic E-state index is 13.3. The van der Waals surface area contributed by atoms with Crippen molar-refractivity contribution in [1.29, 1.82) is 0 Å². The maximum atomic E-state index is 13.3. The van der Waals surface area contributed by atoms with Crippen LogP contribution in [0.5, 0.6) is 0 Å². The fourth-order valence-electron chi connectivity index (χ4n) is 1.71. The van der Waals surface area contributed by atoms with Crippen molar-refractivity contribution in [2.24, 2.45) is 0 Å². The van der Waals surface area contributed by atoms with E-state index < -0.39 is 15.8 Å². The van der Waals surface area contributed by atoms with E-state index in [1.807, 2.05) is 0 Å². The molecule has 0 saturated carbocycles. The van der Waals surface area contributed by atoms with E-state index in [0.717, 1.165) is 0 Å². The second-order valence-corrected chi connectivity index (χ2v) is 6.92. The molecule has 0 bridgehead atoms. The Kier molecular flexibility index (Phi) is 4.50. The van der Waals surface area contributed by atoms with Gasteiger partial charge < -0.3 is 11.1 Å². The monoisotopic (exact) mass is 373 g/mol. The molecule has 2 aromatic carbocycles. The second-order valence-electron chi connectivity index (χ2n) is 4.21. The molecule has 0 aliphatic carbocycles. The molecule has 0 heterocycles. The highest BCUT2D eigenvalue weighted by Crippen LogP contribution is 2.31. The van der Waals surface area contributed by atoms with Crippen LogP contribution in [-0.2, 0) is 10.0 Å². The Balaban J connectivity index is 2.52. The Labute approximate surface area is 130 Å². The summed E-state index contributed by atoms with van der Waals surface area (Å²) in [7, 11) is -2.39. The van der Waals surface area contributed by atoms with Crippen molar-refractivity contribution in [1.82, 2.24) is 4.72 Å². The van der Waals surface area contributed by atoms with Gasteiger partial charge in [-0.2, -0.15) is 0 Å². The minimum atomic E-state index is -3.70. The lowest BCUT2D eigenvalue weighted by Crippen LogP contribution is -2.20. The number of nitrogen functional groups attached to an aromatic ring is 1. The van der Waals surface area contributed by atoms with Gasteiger partial charge in [-0.25, -0.2) is 17.5 Å². The molecule has 21 heavy (non-hydrogen) atoms. The lowest BCUT2D eigenvalue weighted by atomic mass is 10.2. The summed E-state index contributed by atoms with van der Waals surface area (Å²) in [6.07, 6.45) is 0. The van der Waals surface area contributed by atoms with E-state index in [2.05, 4.69) is 26.0 Å². The van der Waals surface area contributed by atoms with Crippen LogP contribution in [0.25, 0.3) is 0 Å². The van der Waals surface area contributed by atoms with Gasteiger partial charge in [0.1, 0.15) is 10.7 Å². The summed E-state index contributed by atoms with van der Waals surface area (Å²) >= 11 is 3.28. The van der Waals surface area contributed by atoms with Gasteiger partial charge in [-0.1, -0.05) is 0 Å². The van der Waals surface area contributed by atoms with Gasteiger partial charge in [0.05, 0.1) is 11.4 Å². The summed E-state index contributed by atoms with van der Waals surface area (Å²) in [4.78, 5) is -0.0128. The molecule has 8 heteroatoms. The zero-order chi connectivity index (χ0) is 15.6. The summed E-state index contributed by atoms with van der Waals surface area (Å²) in [5, 5.41) is 2.89. The van der Waals surface area contributed by atoms with Crippen LogP contribution in [0, 0.1) is 5.82 Å². The molecule has 0 radical (unpaired) electrons. The van der Waals surface area contributed by atoms with Crippen molar-refractivity contribution < 1.29 is 12.8 Å². The minimum Gasteiger partial charge on any atom is -0.399 e. The molecule has 0 aliphatic rings. The number of rotatable bonds is 4. The fraction of sp³-hybridized carbons (Fsp3) is 0.0769. The average molecular weight is 374 g/mol. The van der Waals surface area contributed by atoms with Gasteiger partial charge >= 0.3 is 0 Å². The third-order valence-corrected chi connectivity index (χ3v) is 4.91. The molecular formula is C13H13BrFN3O2S. The van der Waals surface area contributed by atoms with Crippen LogP contribution in [0.2, 0.25) is 0 Å². The Morgan fingerprint density at radius 3 is 2.52 bits per heavy atom. The van der Waals surface area contributed by atoms with E-state index in [4.69, 9.17) is 5.73 Å². The number of hydrogen-bond acceptors (Lipinski definition) is 4. The van der Waals surface area contributed by atoms with Gasteiger partial charge in [0, 0.05) is 10.2 Å². The smallest absolute Gasteiger partial charge is 0.242 e. The third-order valence-electron chi connectivity index (χ3n) is 2.76. The lowest BCUT2D eigenvalue weighted by molar-refractivity contribution is 0.588. The largest absolute Gasteiger partial charge is 0.399 e. The number of sulfonamides is 1. The first-order valence-corrected chi connectivity index (χ1v) is 8.16. The second kappa shape index (κ2) is 6.00. The Bertz CT molecular complexity index is 781. The van der Waals surface area contributed by atoms with E-state index in [1.165, 1.54) is 37.4 Å². The molecule has 0 amide bonds. The van der Waals surface area contributed by atoms with Gasteiger partial charge in [-0.15, -0.1) is 0 Å². The predicted molar refractivity (Wildman–Crippen MR) is 84.5 cm³/mol. The summed E-state index contributed by atoms with van der Waals surface area (Å²) < 4.78 is 40.2. The van der Waals surface area contributed by atoms with Crippen molar-refractivity contribution in [2.75, 3.05) is 18.1 Å². The first-order chi connectivity index (χ1) is 9.83. The van der Waals surface area contributed by atoms with Crippen LogP contribution >= 0.6 is 15.9 Å². The predicted octanol–water partition coefficient (Wildman–Crippen LogP) is 2.82. The Morgan fingerprint density at radius 2 is 1.86 bits per heavy atom. The molecule has 2 aromatic rings. The average Bonchev–Trinajstić information content (AvgIpc) is 2.44. The molecule has 2 rings (SSSR count). The Hall–Kier alpha value is -1.64. The van der Waals surface area contributed by atoms with Crippen LogP contribution in [-0.4, -0.2) is 15.5 Å². The molecule has 0 atom stereocenters. The van der Waals surface area contributed by atoms with E-state index in [9.17, 15) is 12.8 Å². The van der Waals surface area contributed by atoms with Crippen molar-refractivity contribution >= 4 is 43.0 Å². The maximum Gasteiger partial charge on any atom is 0.242 e. The summed E-state index contributed by atoms with van der Waals surface area (Å²) in [5.74, 6) is -0.436. The van der Waals surface area contributed by atoms with Crippen molar-refractivity contribution in [2.45, 2.75) is 4.90 Å². The van der Waals surface area contributed by atoms with E-state index >= 15 is 0 Å². The highest BCUT2D eigenvalue weighted by atomic mass is 79.9. The van der Waals surface area contributed by atoms with Crippen LogP contribution in [0.3, 0.4) is 0 Å². The number of hydrogen-bond donors (Lipinski definition) is 3. The number of nitrogens with two attached hydrogens (primary N) is 1. The molecule has 0 spiro atoms. The Morgan fingerprint density at radius 1 is 1.14 bits per heavy atom. The summed E-state index contributed by atoms with van der Waals surface area (Å²) in [5.41, 5.74) is 6.66. The van der Waals surface area contributed by atoms with Gasteiger partial charge in [-0.05, 0) is 59.4 Å². The van der Waals surface area contributed by atoms with E-state index in [1.54, 1.807) is 6.07 Å². The molecular weight excluding hydrogens is 361 g/mol. The molecule has 0 unspecified atom stereocenters. The molecule has 0 aliphatic heterocycles. The minimum absolute atomic E-state index is 0.0128. The molecule has 5 nitrogen and oxygen atoms in total. The summed E-state index contributed by atoms with van der Waals surface area (Å²) in [6.45, 7) is 0. The zero-order valence-corrected chi connectivity index (χ0v) is 13.4. The van der Waals surface area contributed by atoms with Crippen molar-refractivity contribution in [3.63, 3.8) is 0 Å². The molecule has 0 fully saturated rings. The lowest BCUT2D eigenvalue weighted by Gasteiger charge is -2.14. The number of halogens is 2. The van der Waals surface area contributed by atoms with Gasteiger partial charge in [0.15, 0.2) is 0 Å². The zero-order valence-electron chi connectivity index (χ0n) is 11.0. The van der Waals surface area contributed by atoms with Crippen molar-refractivity contribution in [3.05, 3.63) is 46.7 Å². The van der Waals surface area contributed by atoms with Crippen LogP contribution < -0.4 is 15.8 Å². The third kappa shape index (κ3) is 3.52. The van der Waals surface area contributed by atoms with E-state index in [-0.39, 0.29) is 4.90 Å². The fourth-order valence-corrected chi connectivity index (χ4v) is 2.98. The highest BCUT2D eigenvalue weighted by Gasteiger charge is 2.18. The molecule has 0 aromatic heterocycles. The first-order valence-electron chi connectivity index (χ1n) is 5.88. The van der Waals surface area contributed by atoms with Crippen LogP contribution in [0.4, 0.5) is 21.5 Å². The van der Waals surface area contributed by atoms with Gasteiger partial charge in [0.25, 0.3) is 0 Å². The van der Waals surface area contributed by atoms with Crippen molar-refractivity contribution in [3.8, 4) is 0 Å². The quantitative estimate of drug-likeness (QED) is 0.719. The normalized spacial score (nSPS) is 11.4. The number of anilines is 3. The highest BCUT2D eigenvalue weighted by molar-refractivity contribution is 9.10. The van der Waals surface area contributed by atoms with E-state index in [0.29, 0.717) is 21.5 Å². The van der Waals surface area contributed by atoms with Gasteiger partial charge in [-0.3, -0.25) is 0 Å². The molecule has 0 saturated heterocycles. The SMILES string of the molecule is CNS(=O)(=O)c1cc(N)ccc1Nc1cc(F)ccc1Br. The van der Waals surface area contributed by atoms with Gasteiger partial charge in [0.2, 0.25) is 10.0 Å². The first kappa shape index (κ1) is 15.7.